The molecule has 0 spiro atoms. The van der Waals surface area contributed by atoms with E-state index in [1.165, 1.54) is 12.8 Å². The van der Waals surface area contributed by atoms with E-state index in [0.717, 1.165) is 29.8 Å². The standard InChI is InChI=1S/C11H17N3/c1-8-6-11(13-9(2)12-8)14(3)7-10-4-5-10/h6,10H,4-5,7H2,1-3H3. The van der Waals surface area contributed by atoms with E-state index in [0.29, 0.717) is 0 Å². The molecule has 1 aromatic heterocycles. The third-order valence-corrected chi connectivity index (χ3v) is 2.57. The summed E-state index contributed by atoms with van der Waals surface area (Å²) in [6.07, 6.45) is 2.76. The molecule has 1 aliphatic carbocycles. The fourth-order valence-corrected chi connectivity index (χ4v) is 1.67. The summed E-state index contributed by atoms with van der Waals surface area (Å²) in [5.41, 5.74) is 1.05. The summed E-state index contributed by atoms with van der Waals surface area (Å²) in [4.78, 5) is 10.9. The minimum atomic E-state index is 0.864. The Morgan fingerprint density at radius 3 is 2.64 bits per heavy atom. The molecule has 0 radical (unpaired) electrons. The second kappa shape index (κ2) is 3.56. The van der Waals surface area contributed by atoms with Gasteiger partial charge in [0.05, 0.1) is 0 Å². The summed E-state index contributed by atoms with van der Waals surface area (Å²) in [7, 11) is 2.11. The minimum absolute atomic E-state index is 0.864. The van der Waals surface area contributed by atoms with E-state index in [4.69, 9.17) is 0 Å². The van der Waals surface area contributed by atoms with Crippen LogP contribution in [0.3, 0.4) is 0 Å². The van der Waals surface area contributed by atoms with E-state index in [1.807, 2.05) is 13.8 Å². The van der Waals surface area contributed by atoms with Crippen LogP contribution in [0.5, 0.6) is 0 Å². The van der Waals surface area contributed by atoms with Crippen LogP contribution in [-0.4, -0.2) is 23.6 Å². The molecule has 2 rings (SSSR count). The number of aryl methyl sites for hydroxylation is 2. The normalized spacial score (nSPS) is 15.6. The molecule has 0 N–H and O–H groups in total. The lowest BCUT2D eigenvalue weighted by Gasteiger charge is -2.18. The van der Waals surface area contributed by atoms with Gasteiger partial charge in [-0.15, -0.1) is 0 Å². The molecular formula is C11H17N3. The Morgan fingerprint density at radius 2 is 2.07 bits per heavy atom. The first-order chi connectivity index (χ1) is 6.65. The molecule has 3 nitrogen and oxygen atoms in total. The zero-order valence-electron chi connectivity index (χ0n) is 9.12. The molecule has 0 bridgehead atoms. The highest BCUT2D eigenvalue weighted by Gasteiger charge is 2.23. The van der Waals surface area contributed by atoms with E-state index < -0.39 is 0 Å². The van der Waals surface area contributed by atoms with Gasteiger partial charge in [0.15, 0.2) is 0 Å². The van der Waals surface area contributed by atoms with Crippen molar-refractivity contribution in [3.8, 4) is 0 Å². The molecule has 0 saturated heterocycles. The minimum Gasteiger partial charge on any atom is -0.359 e. The van der Waals surface area contributed by atoms with Crippen LogP contribution in [0.2, 0.25) is 0 Å². The van der Waals surface area contributed by atoms with Gasteiger partial charge in [-0.3, -0.25) is 0 Å². The highest BCUT2D eigenvalue weighted by molar-refractivity contribution is 5.38. The van der Waals surface area contributed by atoms with Gasteiger partial charge in [-0.25, -0.2) is 9.97 Å². The monoisotopic (exact) mass is 191 g/mol. The molecule has 1 fully saturated rings. The lowest BCUT2D eigenvalue weighted by Crippen LogP contribution is -2.21. The Morgan fingerprint density at radius 1 is 1.36 bits per heavy atom. The van der Waals surface area contributed by atoms with Crippen LogP contribution in [-0.2, 0) is 0 Å². The van der Waals surface area contributed by atoms with Gasteiger partial charge >= 0.3 is 0 Å². The molecule has 0 atom stereocenters. The molecular weight excluding hydrogens is 174 g/mol. The zero-order chi connectivity index (χ0) is 10.1. The fourth-order valence-electron chi connectivity index (χ4n) is 1.67. The fraction of sp³-hybridized carbons (Fsp3) is 0.636. The average molecular weight is 191 g/mol. The first-order valence-electron chi connectivity index (χ1n) is 5.18. The predicted octanol–water partition coefficient (Wildman–Crippen LogP) is 1.94. The Bertz CT molecular complexity index is 311. The molecule has 1 heterocycles. The summed E-state index contributed by atoms with van der Waals surface area (Å²) in [6.45, 7) is 5.10. The SMILES string of the molecule is Cc1cc(N(C)CC2CC2)nc(C)n1. The quantitative estimate of drug-likeness (QED) is 0.731. The number of hydrogen-bond acceptors (Lipinski definition) is 3. The van der Waals surface area contributed by atoms with Crippen molar-refractivity contribution in [1.29, 1.82) is 0 Å². The largest absolute Gasteiger partial charge is 0.359 e. The van der Waals surface area contributed by atoms with Gasteiger partial charge in [0.25, 0.3) is 0 Å². The second-order valence-electron chi connectivity index (χ2n) is 4.24. The van der Waals surface area contributed by atoms with Crippen LogP contribution in [0.25, 0.3) is 0 Å². The molecule has 0 unspecified atom stereocenters. The summed E-state index contributed by atoms with van der Waals surface area (Å²) < 4.78 is 0. The molecule has 76 valence electrons. The maximum absolute atomic E-state index is 4.43. The van der Waals surface area contributed by atoms with Gasteiger partial charge in [-0.1, -0.05) is 0 Å². The van der Waals surface area contributed by atoms with Crippen LogP contribution in [0.4, 0.5) is 5.82 Å². The smallest absolute Gasteiger partial charge is 0.132 e. The number of hydrogen-bond donors (Lipinski definition) is 0. The Balaban J connectivity index is 2.12. The van der Waals surface area contributed by atoms with Crippen LogP contribution in [0.1, 0.15) is 24.4 Å². The molecule has 3 heteroatoms. The number of rotatable bonds is 3. The zero-order valence-corrected chi connectivity index (χ0v) is 9.12. The van der Waals surface area contributed by atoms with Gasteiger partial charge in [0.2, 0.25) is 0 Å². The number of anilines is 1. The molecule has 0 aliphatic heterocycles. The van der Waals surface area contributed by atoms with Crippen molar-refractivity contribution in [3.05, 3.63) is 17.6 Å². The van der Waals surface area contributed by atoms with Crippen molar-refractivity contribution >= 4 is 5.82 Å². The molecule has 1 saturated carbocycles. The van der Waals surface area contributed by atoms with E-state index in [9.17, 15) is 0 Å². The van der Waals surface area contributed by atoms with Crippen molar-refractivity contribution in [3.63, 3.8) is 0 Å². The number of nitrogens with zero attached hydrogens (tertiary/aromatic N) is 3. The third kappa shape index (κ3) is 2.22. The summed E-state index contributed by atoms with van der Waals surface area (Å²) in [6, 6.07) is 2.05. The van der Waals surface area contributed by atoms with Crippen molar-refractivity contribution in [2.24, 2.45) is 5.92 Å². The Labute approximate surface area is 85.2 Å². The van der Waals surface area contributed by atoms with Gasteiger partial charge < -0.3 is 4.90 Å². The molecule has 0 aromatic carbocycles. The first-order valence-corrected chi connectivity index (χ1v) is 5.18. The highest BCUT2D eigenvalue weighted by Crippen LogP contribution is 2.30. The molecule has 1 aliphatic rings. The summed E-state index contributed by atoms with van der Waals surface area (Å²) in [5, 5.41) is 0. The van der Waals surface area contributed by atoms with Gasteiger partial charge in [0.1, 0.15) is 11.6 Å². The lowest BCUT2D eigenvalue weighted by atomic mass is 10.3. The average Bonchev–Trinajstić information content (AvgIpc) is 2.86. The van der Waals surface area contributed by atoms with Crippen LogP contribution >= 0.6 is 0 Å². The van der Waals surface area contributed by atoms with Crippen molar-refractivity contribution in [2.75, 3.05) is 18.5 Å². The van der Waals surface area contributed by atoms with E-state index in [1.54, 1.807) is 0 Å². The van der Waals surface area contributed by atoms with Crippen LogP contribution < -0.4 is 4.90 Å². The summed E-state index contributed by atoms with van der Waals surface area (Å²) in [5.74, 6) is 2.82. The third-order valence-electron chi connectivity index (χ3n) is 2.57. The van der Waals surface area contributed by atoms with E-state index in [-0.39, 0.29) is 0 Å². The molecule has 0 amide bonds. The topological polar surface area (TPSA) is 29.0 Å². The maximum atomic E-state index is 4.43. The van der Waals surface area contributed by atoms with Crippen molar-refractivity contribution in [1.82, 2.24) is 9.97 Å². The molecule has 1 aromatic rings. The predicted molar refractivity (Wildman–Crippen MR) is 57.5 cm³/mol. The van der Waals surface area contributed by atoms with Crippen molar-refractivity contribution < 1.29 is 0 Å². The van der Waals surface area contributed by atoms with Gasteiger partial charge in [0, 0.05) is 25.4 Å². The van der Waals surface area contributed by atoms with Gasteiger partial charge in [-0.05, 0) is 32.6 Å². The first kappa shape index (κ1) is 9.44. The summed E-state index contributed by atoms with van der Waals surface area (Å²) >= 11 is 0. The molecule has 14 heavy (non-hydrogen) atoms. The highest BCUT2D eigenvalue weighted by atomic mass is 15.2. The van der Waals surface area contributed by atoms with Crippen molar-refractivity contribution in [2.45, 2.75) is 26.7 Å². The Kier molecular flexibility index (Phi) is 2.40. The second-order valence-corrected chi connectivity index (χ2v) is 4.24. The maximum Gasteiger partial charge on any atom is 0.132 e. The van der Waals surface area contributed by atoms with E-state index >= 15 is 0 Å². The van der Waals surface area contributed by atoms with Crippen LogP contribution in [0.15, 0.2) is 6.07 Å². The Hall–Kier alpha value is -1.12. The number of aromatic nitrogens is 2. The lowest BCUT2D eigenvalue weighted by molar-refractivity contribution is 0.771. The van der Waals surface area contributed by atoms with Gasteiger partial charge in [-0.2, -0.15) is 0 Å². The van der Waals surface area contributed by atoms with Crippen LogP contribution in [0, 0.1) is 19.8 Å². The van der Waals surface area contributed by atoms with E-state index in [2.05, 4.69) is 28.0 Å².